The van der Waals surface area contributed by atoms with E-state index in [1.165, 1.54) is 0 Å². The maximum absolute atomic E-state index is 9.36. The van der Waals surface area contributed by atoms with Crippen molar-refractivity contribution in [3.05, 3.63) is 0 Å². The Hall–Kier alpha value is 5.91. The summed E-state index contributed by atoms with van der Waals surface area (Å²) in [6.45, 7) is 0. The summed E-state index contributed by atoms with van der Waals surface area (Å²) < 4.78 is 10.3. The van der Waals surface area contributed by atoms with E-state index in [1.54, 1.807) is 0 Å². The first kappa shape index (κ1) is 73.4. The van der Waals surface area contributed by atoms with Gasteiger partial charge in [-0.3, -0.25) is 0 Å². The molecule has 0 heterocycles. The van der Waals surface area contributed by atoms with Gasteiger partial charge in [0.05, 0.1) is 0 Å². The Bertz CT molecular complexity index is 417. The van der Waals surface area contributed by atoms with E-state index in [2.05, 4.69) is 16.5 Å². The molecular weight excluding hydrogens is 1220 g/mol. The van der Waals surface area contributed by atoms with Crippen LogP contribution >= 0.6 is 0 Å². The van der Waals surface area contributed by atoms with Crippen LogP contribution in [0, 0.1) is 0 Å². The summed E-state index contributed by atoms with van der Waals surface area (Å²) in [5.41, 5.74) is 0. The first-order chi connectivity index (χ1) is 14.8. The molecular formula is O28Si8Zr6. The van der Waals surface area contributed by atoms with Crippen molar-refractivity contribution in [3.63, 3.8) is 0 Å². The quantitative estimate of drug-likeness (QED) is 0.204. The molecule has 0 aliphatic carbocycles. The Balaban J connectivity index is -0.0000000388. The fourth-order valence-electron chi connectivity index (χ4n) is 0.612. The fourth-order valence-corrected chi connectivity index (χ4v) is 5.51. The minimum absolute atomic E-state index is 0. The summed E-state index contributed by atoms with van der Waals surface area (Å²) in [5.74, 6) is 0. The molecule has 0 fully saturated rings. The van der Waals surface area contributed by atoms with Gasteiger partial charge in [-0.1, -0.05) is 0 Å². The first-order valence-electron chi connectivity index (χ1n) is 6.53. The standard InChI is InChI=1S/4O7Si2.6Zr/c4*1-8(2,3)7-9(4,5)6;;;;;;/q4*-6;6*+4. The molecule has 0 saturated carbocycles. The van der Waals surface area contributed by atoms with Crippen LogP contribution in [-0.2, 0) is 174 Å². The Morgan fingerprint density at radius 2 is 0.214 bits per heavy atom. The Kier molecular flexibility index (Phi) is 51.5. The molecule has 28 nitrogen and oxygen atoms in total. The van der Waals surface area contributed by atoms with E-state index in [9.17, 15) is 115 Å². The van der Waals surface area contributed by atoms with Crippen molar-refractivity contribution in [1.82, 2.24) is 0 Å². The summed E-state index contributed by atoms with van der Waals surface area (Å²) >= 11 is 0. The van der Waals surface area contributed by atoms with Gasteiger partial charge in [-0.25, -0.2) is 0 Å². The summed E-state index contributed by atoms with van der Waals surface area (Å²) in [6, 6.07) is 0. The van der Waals surface area contributed by atoms with Crippen molar-refractivity contribution >= 4 is 72.4 Å². The van der Waals surface area contributed by atoms with E-state index in [-0.39, 0.29) is 157 Å². The van der Waals surface area contributed by atoms with Crippen LogP contribution in [0.2, 0.25) is 0 Å². The van der Waals surface area contributed by atoms with E-state index in [0.29, 0.717) is 0 Å². The first-order valence-corrected chi connectivity index (χ1v) is 19.6. The van der Waals surface area contributed by atoms with E-state index in [0.717, 1.165) is 0 Å². The van der Waals surface area contributed by atoms with Crippen molar-refractivity contribution < 1.29 is 289 Å². The van der Waals surface area contributed by atoms with Gasteiger partial charge in [-0.15, -0.1) is 72.4 Å². The number of rotatable bonds is 8. The van der Waals surface area contributed by atoms with E-state index in [1.807, 2.05) is 0 Å². The van der Waals surface area contributed by atoms with Crippen LogP contribution < -0.4 is 115 Å². The third-order valence-corrected chi connectivity index (χ3v) is 9.00. The second kappa shape index (κ2) is 29.5. The van der Waals surface area contributed by atoms with Crippen molar-refractivity contribution in [2.24, 2.45) is 0 Å². The molecule has 0 bridgehead atoms. The molecule has 0 aliphatic heterocycles. The third-order valence-electron chi connectivity index (χ3n) is 1.000. The predicted molar refractivity (Wildman–Crippen MR) is 50.4 cm³/mol. The van der Waals surface area contributed by atoms with Crippen LogP contribution in [0.4, 0.5) is 0 Å². The molecule has 224 valence electrons. The molecule has 0 aliphatic rings. The van der Waals surface area contributed by atoms with Gasteiger partial charge < -0.3 is 132 Å². The van der Waals surface area contributed by atoms with E-state index < -0.39 is 72.4 Å². The molecule has 0 N–H and O–H groups in total. The van der Waals surface area contributed by atoms with Crippen LogP contribution in [-0.4, -0.2) is 72.4 Å². The van der Waals surface area contributed by atoms with Gasteiger partial charge in [-0.05, 0) is 0 Å². The fraction of sp³-hybridized carbons (Fsp3) is 0. The summed E-state index contributed by atoms with van der Waals surface area (Å²) in [5, 5.41) is 0. The van der Waals surface area contributed by atoms with Crippen molar-refractivity contribution in [2.45, 2.75) is 0 Å². The smallest absolute Gasteiger partial charge is 0.862 e. The van der Waals surface area contributed by atoms with Crippen molar-refractivity contribution in [3.8, 4) is 0 Å². The summed E-state index contributed by atoms with van der Waals surface area (Å²) in [4.78, 5) is 225. The van der Waals surface area contributed by atoms with E-state index >= 15 is 0 Å². The number of hydrogen-bond donors (Lipinski definition) is 0. The minimum atomic E-state index is -5.92. The van der Waals surface area contributed by atoms with Crippen LogP contribution in [0.25, 0.3) is 0 Å². The average molecular weight is 1220 g/mol. The van der Waals surface area contributed by atoms with Gasteiger partial charge in [0, 0.05) is 0 Å². The Morgan fingerprint density at radius 1 is 0.167 bits per heavy atom. The molecule has 0 unspecified atom stereocenters. The molecule has 0 atom stereocenters. The maximum atomic E-state index is 9.36. The zero-order chi connectivity index (χ0) is 30.8. The molecule has 0 spiro atoms. The van der Waals surface area contributed by atoms with Crippen LogP contribution in [0.1, 0.15) is 0 Å². The molecule has 0 radical (unpaired) electrons. The molecule has 0 aromatic heterocycles. The zero-order valence-electron chi connectivity index (χ0n) is 18.4. The van der Waals surface area contributed by atoms with E-state index in [4.69, 9.17) is 0 Å². The van der Waals surface area contributed by atoms with Crippen molar-refractivity contribution in [1.29, 1.82) is 0 Å². The van der Waals surface area contributed by atoms with Gasteiger partial charge in [0.25, 0.3) is 0 Å². The monoisotopic (exact) mass is 1210 g/mol. The third kappa shape index (κ3) is 104. The second-order valence-electron chi connectivity index (χ2n) is 4.41. The SMILES string of the molecule is [O-][Si]([O-])([O-])O[Si]([O-])([O-])[O-].[O-][Si]([O-])([O-])O[Si]([O-])([O-])[O-].[O-][Si]([O-])([O-])O[Si]([O-])([O-])[O-].[O-][Si]([O-])([O-])O[Si]([O-])([O-])[O-].[Zr+4].[Zr+4].[Zr+4].[Zr+4].[Zr+4].[Zr+4]. The average Bonchev–Trinajstić information content (AvgIpc) is 2.19. The Morgan fingerprint density at radius 3 is 0.214 bits per heavy atom. The largest absolute Gasteiger partial charge is 4.00 e. The van der Waals surface area contributed by atoms with Crippen LogP contribution in [0.15, 0.2) is 0 Å². The van der Waals surface area contributed by atoms with Crippen LogP contribution in [0.3, 0.4) is 0 Å². The Labute approximate surface area is 355 Å². The summed E-state index contributed by atoms with van der Waals surface area (Å²) in [7, 11) is -47.3. The topological polar surface area (TPSA) is 590 Å². The second-order valence-corrected chi connectivity index (χ2v) is 15.7. The summed E-state index contributed by atoms with van der Waals surface area (Å²) in [6.07, 6.45) is 0. The van der Waals surface area contributed by atoms with Gasteiger partial charge >= 0.3 is 157 Å². The molecule has 0 aromatic rings. The molecule has 0 saturated heterocycles. The van der Waals surface area contributed by atoms with Gasteiger partial charge in [0.15, 0.2) is 0 Å². The molecule has 42 heavy (non-hydrogen) atoms. The molecule has 0 aromatic carbocycles. The van der Waals surface area contributed by atoms with Crippen LogP contribution in [0.5, 0.6) is 0 Å². The predicted octanol–water partition coefficient (Wildman–Crippen LogP) is -31.9. The zero-order valence-corrected chi connectivity index (χ0v) is 41.2. The van der Waals surface area contributed by atoms with Gasteiger partial charge in [0.1, 0.15) is 0 Å². The molecule has 42 heteroatoms. The molecule has 0 rings (SSSR count). The minimum Gasteiger partial charge on any atom is -0.862 e. The normalized spacial score (nSPS) is 12.0. The number of hydrogen-bond acceptors (Lipinski definition) is 28. The van der Waals surface area contributed by atoms with Crippen molar-refractivity contribution in [2.75, 3.05) is 0 Å². The van der Waals surface area contributed by atoms with Gasteiger partial charge in [-0.2, -0.15) is 0 Å². The van der Waals surface area contributed by atoms with Gasteiger partial charge in [0.2, 0.25) is 0 Å². The maximum Gasteiger partial charge on any atom is 4.00 e. The molecule has 0 amide bonds.